The Bertz CT molecular complexity index is 624. The van der Waals surface area contributed by atoms with Crippen LogP contribution in [0.1, 0.15) is 47.5 Å². The lowest BCUT2D eigenvalue weighted by Gasteiger charge is -2.11. The third-order valence-electron chi connectivity index (χ3n) is 3.34. The van der Waals surface area contributed by atoms with Crippen molar-refractivity contribution in [2.24, 2.45) is 0 Å². The molecule has 3 rings (SSSR count). The van der Waals surface area contributed by atoms with Gasteiger partial charge in [-0.3, -0.25) is 0 Å². The molecule has 1 aromatic heterocycles. The fourth-order valence-corrected chi connectivity index (χ4v) is 2.44. The van der Waals surface area contributed by atoms with Crippen molar-refractivity contribution in [3.05, 3.63) is 47.5 Å². The molecule has 2 aromatic rings. The highest BCUT2D eigenvalue weighted by atomic mass is 16.5. The van der Waals surface area contributed by atoms with Gasteiger partial charge >= 0.3 is 5.97 Å². The van der Waals surface area contributed by atoms with Crippen LogP contribution in [0.3, 0.4) is 0 Å². The lowest BCUT2D eigenvalue weighted by atomic mass is 10.0. The smallest absolute Gasteiger partial charge is 0.378 e. The molecular weight excluding hydrogens is 258 g/mol. The molecule has 104 valence electrons. The minimum Gasteiger partial charge on any atom is -0.460 e. The predicted octanol–water partition coefficient (Wildman–Crippen LogP) is 1.48. The van der Waals surface area contributed by atoms with E-state index in [1.54, 1.807) is 11.6 Å². The Kier molecular flexibility index (Phi) is 3.23. The highest BCUT2D eigenvalue weighted by molar-refractivity contribution is 5.85. The van der Waals surface area contributed by atoms with Gasteiger partial charge in [-0.1, -0.05) is 30.3 Å². The van der Waals surface area contributed by atoms with Crippen molar-refractivity contribution < 1.29 is 14.6 Å². The van der Waals surface area contributed by atoms with Crippen LogP contribution in [0.25, 0.3) is 0 Å². The standard InChI is InChI=1S/C14H15N3O3/c1-2-20-14(19)12-15-13-11(18)8-10(17(13)16-12)9-6-4-3-5-7-9/h3-7,10-11,18H,2,8H2,1H3/t10-,11+/m0/s1. The lowest BCUT2D eigenvalue weighted by Crippen LogP contribution is -2.11. The van der Waals surface area contributed by atoms with Crippen LogP contribution in [0.2, 0.25) is 0 Å². The SMILES string of the molecule is CCOC(=O)c1nc2n(n1)[C@H](c1ccccc1)C[C@H]2O. The van der Waals surface area contributed by atoms with E-state index in [2.05, 4.69) is 10.1 Å². The van der Waals surface area contributed by atoms with Crippen LogP contribution in [0.5, 0.6) is 0 Å². The zero-order valence-corrected chi connectivity index (χ0v) is 11.1. The number of aromatic nitrogens is 3. The number of hydrogen-bond acceptors (Lipinski definition) is 5. The Morgan fingerprint density at radius 3 is 2.90 bits per heavy atom. The summed E-state index contributed by atoms with van der Waals surface area (Å²) in [4.78, 5) is 15.8. The maximum absolute atomic E-state index is 11.7. The minimum absolute atomic E-state index is 0.00142. The topological polar surface area (TPSA) is 77.2 Å². The van der Waals surface area contributed by atoms with Crippen molar-refractivity contribution in [3.8, 4) is 0 Å². The number of hydrogen-bond donors (Lipinski definition) is 1. The Hall–Kier alpha value is -2.21. The molecule has 0 fully saturated rings. The number of esters is 1. The van der Waals surface area contributed by atoms with Crippen molar-refractivity contribution in [2.75, 3.05) is 6.61 Å². The number of aliphatic hydroxyl groups is 1. The van der Waals surface area contributed by atoms with E-state index in [0.717, 1.165) is 5.56 Å². The van der Waals surface area contributed by atoms with Crippen LogP contribution in [0.15, 0.2) is 30.3 Å². The molecule has 0 unspecified atom stereocenters. The first-order chi connectivity index (χ1) is 9.70. The number of carbonyl (C=O) groups is 1. The number of carbonyl (C=O) groups excluding carboxylic acids is 1. The number of aliphatic hydroxyl groups excluding tert-OH is 1. The first-order valence-corrected chi connectivity index (χ1v) is 6.57. The summed E-state index contributed by atoms with van der Waals surface area (Å²) in [6.07, 6.45) is -0.196. The minimum atomic E-state index is -0.712. The number of fused-ring (bicyclic) bond motifs is 1. The van der Waals surface area contributed by atoms with Gasteiger partial charge < -0.3 is 9.84 Å². The van der Waals surface area contributed by atoms with E-state index >= 15 is 0 Å². The summed E-state index contributed by atoms with van der Waals surface area (Å²) in [7, 11) is 0. The lowest BCUT2D eigenvalue weighted by molar-refractivity contribution is 0.0510. The summed E-state index contributed by atoms with van der Waals surface area (Å²) in [6.45, 7) is 2.00. The second kappa shape index (κ2) is 5.05. The molecular formula is C14H15N3O3. The second-order valence-electron chi connectivity index (χ2n) is 4.64. The van der Waals surface area contributed by atoms with E-state index in [1.807, 2.05) is 30.3 Å². The van der Waals surface area contributed by atoms with Gasteiger partial charge in [-0.2, -0.15) is 0 Å². The monoisotopic (exact) mass is 273 g/mol. The van der Waals surface area contributed by atoms with E-state index in [1.165, 1.54) is 0 Å². The molecule has 0 bridgehead atoms. The highest BCUT2D eigenvalue weighted by Crippen LogP contribution is 2.36. The molecule has 1 N–H and O–H groups in total. The molecule has 20 heavy (non-hydrogen) atoms. The number of rotatable bonds is 3. The van der Waals surface area contributed by atoms with Crippen molar-refractivity contribution >= 4 is 5.97 Å². The Balaban J connectivity index is 1.96. The first kappa shape index (κ1) is 12.8. The molecule has 1 aromatic carbocycles. The zero-order chi connectivity index (χ0) is 14.1. The van der Waals surface area contributed by atoms with Gasteiger partial charge in [0.05, 0.1) is 12.6 Å². The molecule has 6 nitrogen and oxygen atoms in total. The molecule has 2 atom stereocenters. The average molecular weight is 273 g/mol. The van der Waals surface area contributed by atoms with E-state index in [0.29, 0.717) is 12.2 Å². The molecule has 0 amide bonds. The van der Waals surface area contributed by atoms with E-state index in [4.69, 9.17) is 4.74 Å². The number of nitrogens with zero attached hydrogens (tertiary/aromatic N) is 3. The van der Waals surface area contributed by atoms with Gasteiger partial charge in [0.25, 0.3) is 5.82 Å². The summed E-state index contributed by atoms with van der Waals surface area (Å²) in [5, 5.41) is 14.3. The summed E-state index contributed by atoms with van der Waals surface area (Å²) < 4.78 is 6.50. The largest absolute Gasteiger partial charge is 0.460 e. The third kappa shape index (κ3) is 2.08. The maximum Gasteiger partial charge on any atom is 0.378 e. The molecule has 6 heteroatoms. The Labute approximate surface area is 116 Å². The van der Waals surface area contributed by atoms with Crippen molar-refractivity contribution in [1.82, 2.24) is 14.8 Å². The van der Waals surface area contributed by atoms with Crippen LogP contribution < -0.4 is 0 Å². The molecule has 0 spiro atoms. The van der Waals surface area contributed by atoms with E-state index in [-0.39, 0.29) is 18.5 Å². The van der Waals surface area contributed by atoms with Crippen molar-refractivity contribution in [1.29, 1.82) is 0 Å². The third-order valence-corrected chi connectivity index (χ3v) is 3.34. The second-order valence-corrected chi connectivity index (χ2v) is 4.64. The Morgan fingerprint density at radius 1 is 1.45 bits per heavy atom. The van der Waals surface area contributed by atoms with Crippen LogP contribution in [-0.2, 0) is 4.74 Å². The van der Waals surface area contributed by atoms with Crippen LogP contribution in [0.4, 0.5) is 0 Å². The van der Waals surface area contributed by atoms with Crippen LogP contribution in [-0.4, -0.2) is 32.4 Å². The fraction of sp³-hybridized carbons (Fsp3) is 0.357. The molecule has 0 saturated heterocycles. The molecule has 1 aliphatic rings. The van der Waals surface area contributed by atoms with Crippen LogP contribution >= 0.6 is 0 Å². The van der Waals surface area contributed by atoms with Gasteiger partial charge in [-0.25, -0.2) is 14.5 Å². The van der Waals surface area contributed by atoms with Crippen LogP contribution in [0, 0.1) is 0 Å². The summed E-state index contributed by atoms with van der Waals surface area (Å²) in [5.41, 5.74) is 1.03. The molecule has 0 saturated carbocycles. The van der Waals surface area contributed by atoms with E-state index < -0.39 is 12.1 Å². The summed E-state index contributed by atoms with van der Waals surface area (Å²) >= 11 is 0. The molecule has 0 aliphatic carbocycles. The van der Waals surface area contributed by atoms with Gasteiger partial charge in [0, 0.05) is 6.42 Å². The van der Waals surface area contributed by atoms with E-state index in [9.17, 15) is 9.90 Å². The quantitative estimate of drug-likeness (QED) is 0.857. The van der Waals surface area contributed by atoms with Gasteiger partial charge in [0.15, 0.2) is 5.82 Å². The molecule has 0 radical (unpaired) electrons. The fourth-order valence-electron chi connectivity index (χ4n) is 2.44. The number of benzene rings is 1. The Morgan fingerprint density at radius 2 is 2.20 bits per heavy atom. The molecule has 1 aliphatic heterocycles. The normalized spacial score (nSPS) is 20.7. The predicted molar refractivity (Wildman–Crippen MR) is 70.1 cm³/mol. The maximum atomic E-state index is 11.7. The van der Waals surface area contributed by atoms with Gasteiger partial charge in [-0.15, -0.1) is 5.10 Å². The molecule has 2 heterocycles. The zero-order valence-electron chi connectivity index (χ0n) is 11.1. The van der Waals surface area contributed by atoms with Gasteiger partial charge in [0.1, 0.15) is 6.10 Å². The average Bonchev–Trinajstić information content (AvgIpc) is 3.01. The summed E-state index contributed by atoms with van der Waals surface area (Å²) in [5.74, 6) is -0.142. The number of ether oxygens (including phenoxy) is 1. The van der Waals surface area contributed by atoms with Crippen molar-refractivity contribution in [2.45, 2.75) is 25.5 Å². The highest BCUT2D eigenvalue weighted by Gasteiger charge is 2.35. The van der Waals surface area contributed by atoms with Gasteiger partial charge in [-0.05, 0) is 12.5 Å². The van der Waals surface area contributed by atoms with Gasteiger partial charge in [0.2, 0.25) is 0 Å². The van der Waals surface area contributed by atoms with Crippen molar-refractivity contribution in [3.63, 3.8) is 0 Å². The first-order valence-electron chi connectivity index (χ1n) is 6.57. The summed E-state index contributed by atoms with van der Waals surface area (Å²) in [6, 6.07) is 9.64.